The lowest BCUT2D eigenvalue weighted by molar-refractivity contribution is -0.122. The largest absolute Gasteiger partial charge is 0.273 e. The molecule has 0 radical (unpaired) electrons. The van der Waals surface area contributed by atoms with Crippen LogP contribution < -0.4 is 10.9 Å². The van der Waals surface area contributed by atoms with Crippen LogP contribution in [0.25, 0.3) is 11.0 Å². The lowest BCUT2D eigenvalue weighted by atomic mass is 10.1. The van der Waals surface area contributed by atoms with Crippen LogP contribution in [-0.2, 0) is 11.3 Å². The topological polar surface area (TPSA) is 88.9 Å². The molecule has 0 aliphatic rings. The minimum absolute atomic E-state index is 0.215. The van der Waals surface area contributed by atoms with Crippen LogP contribution in [0.2, 0.25) is 0 Å². The molecular weight excluding hydrogens is 354 g/mol. The number of hydrogen-bond donors (Lipinski definition) is 2. The second-order valence-corrected chi connectivity index (χ2v) is 7.44. The summed E-state index contributed by atoms with van der Waals surface area (Å²) in [6, 6.07) is 9.91. The first-order valence-corrected chi connectivity index (χ1v) is 9.31. The molecule has 0 bridgehead atoms. The number of aromatic nitrogens is 3. The minimum Gasteiger partial charge on any atom is -0.273 e. The van der Waals surface area contributed by atoms with E-state index in [0.717, 1.165) is 5.56 Å². The monoisotopic (exact) mass is 379 g/mol. The standard InChI is InChI=1S/C21H25N5O2/c1-13(2)9-19(27)24-25-21(28)17-10-15(4)23-20-18(17)11-22-26(20)12-16-7-5-14(3)6-8-16/h5-8,10-11,13H,9,12H2,1-4H3,(H,24,27)(H,25,28). The van der Waals surface area contributed by atoms with Gasteiger partial charge in [-0.1, -0.05) is 43.7 Å². The van der Waals surface area contributed by atoms with Gasteiger partial charge in [0.15, 0.2) is 5.65 Å². The summed E-state index contributed by atoms with van der Waals surface area (Å²) in [6.45, 7) is 8.32. The Morgan fingerprint density at radius 3 is 2.50 bits per heavy atom. The van der Waals surface area contributed by atoms with Gasteiger partial charge in [-0.2, -0.15) is 5.10 Å². The highest BCUT2D eigenvalue weighted by Crippen LogP contribution is 2.19. The van der Waals surface area contributed by atoms with Gasteiger partial charge in [-0.3, -0.25) is 20.4 Å². The van der Waals surface area contributed by atoms with Gasteiger partial charge in [0.05, 0.1) is 23.7 Å². The van der Waals surface area contributed by atoms with Crippen molar-refractivity contribution >= 4 is 22.8 Å². The number of pyridine rings is 1. The van der Waals surface area contributed by atoms with Crippen molar-refractivity contribution in [2.45, 2.75) is 40.7 Å². The fourth-order valence-electron chi connectivity index (χ4n) is 2.96. The molecule has 7 heteroatoms. The zero-order chi connectivity index (χ0) is 20.3. The number of amides is 2. The molecule has 2 heterocycles. The zero-order valence-corrected chi connectivity index (χ0v) is 16.6. The van der Waals surface area contributed by atoms with Crippen LogP contribution in [0.15, 0.2) is 36.5 Å². The Morgan fingerprint density at radius 2 is 1.82 bits per heavy atom. The zero-order valence-electron chi connectivity index (χ0n) is 16.6. The van der Waals surface area contributed by atoms with Crippen LogP contribution in [0.3, 0.4) is 0 Å². The quantitative estimate of drug-likeness (QED) is 0.667. The smallest absolute Gasteiger partial charge is 0.270 e. The first-order valence-electron chi connectivity index (χ1n) is 9.31. The van der Waals surface area contributed by atoms with Crippen LogP contribution in [0.5, 0.6) is 0 Å². The Balaban J connectivity index is 1.83. The van der Waals surface area contributed by atoms with Crippen molar-refractivity contribution in [1.82, 2.24) is 25.6 Å². The molecule has 28 heavy (non-hydrogen) atoms. The van der Waals surface area contributed by atoms with Gasteiger partial charge in [-0.05, 0) is 31.4 Å². The van der Waals surface area contributed by atoms with Crippen molar-refractivity contribution in [3.05, 3.63) is 58.9 Å². The van der Waals surface area contributed by atoms with Gasteiger partial charge in [0.25, 0.3) is 5.91 Å². The number of hydrazine groups is 1. The van der Waals surface area contributed by atoms with Crippen molar-refractivity contribution in [3.8, 4) is 0 Å². The summed E-state index contributed by atoms with van der Waals surface area (Å²) in [5, 5.41) is 5.07. The van der Waals surface area contributed by atoms with Gasteiger partial charge in [0, 0.05) is 12.1 Å². The Morgan fingerprint density at radius 1 is 1.11 bits per heavy atom. The fraction of sp³-hybridized carbons (Fsp3) is 0.333. The second-order valence-electron chi connectivity index (χ2n) is 7.44. The van der Waals surface area contributed by atoms with Crippen molar-refractivity contribution < 1.29 is 9.59 Å². The first kappa shape index (κ1) is 19.5. The molecule has 3 rings (SSSR count). The third-order valence-corrected chi connectivity index (χ3v) is 4.34. The highest BCUT2D eigenvalue weighted by molar-refractivity contribution is 6.05. The van der Waals surface area contributed by atoms with Crippen LogP contribution in [0, 0.1) is 19.8 Å². The summed E-state index contributed by atoms with van der Waals surface area (Å²) >= 11 is 0. The van der Waals surface area contributed by atoms with Crippen LogP contribution in [-0.4, -0.2) is 26.6 Å². The molecule has 2 amide bonds. The summed E-state index contributed by atoms with van der Waals surface area (Å²) in [4.78, 5) is 29.0. The maximum absolute atomic E-state index is 12.6. The summed E-state index contributed by atoms with van der Waals surface area (Å²) in [5.41, 5.74) is 9.02. The van der Waals surface area contributed by atoms with Crippen molar-refractivity contribution in [2.24, 2.45) is 5.92 Å². The van der Waals surface area contributed by atoms with Crippen molar-refractivity contribution in [3.63, 3.8) is 0 Å². The van der Waals surface area contributed by atoms with Crippen molar-refractivity contribution in [2.75, 3.05) is 0 Å². The maximum atomic E-state index is 12.6. The first-order chi connectivity index (χ1) is 13.3. The van der Waals surface area contributed by atoms with Gasteiger partial charge >= 0.3 is 0 Å². The molecule has 0 fully saturated rings. The number of carbonyl (C=O) groups excluding carboxylic acids is 2. The van der Waals surface area contributed by atoms with Crippen LogP contribution in [0.4, 0.5) is 0 Å². The number of nitrogens with zero attached hydrogens (tertiary/aromatic N) is 3. The molecule has 0 saturated heterocycles. The maximum Gasteiger partial charge on any atom is 0.270 e. The van der Waals surface area contributed by atoms with E-state index >= 15 is 0 Å². The van der Waals surface area contributed by atoms with E-state index < -0.39 is 0 Å². The molecule has 0 aliphatic carbocycles. The van der Waals surface area contributed by atoms with E-state index in [1.165, 1.54) is 5.56 Å². The predicted molar refractivity (Wildman–Crippen MR) is 108 cm³/mol. The summed E-state index contributed by atoms with van der Waals surface area (Å²) in [6.07, 6.45) is 1.99. The normalized spacial score (nSPS) is 11.0. The number of aryl methyl sites for hydroxylation is 2. The second kappa shape index (κ2) is 8.21. The van der Waals surface area contributed by atoms with Gasteiger partial charge < -0.3 is 0 Å². The number of hydrogen-bond acceptors (Lipinski definition) is 4. The van der Waals surface area contributed by atoms with Crippen LogP contribution in [0.1, 0.15) is 47.4 Å². The van der Waals surface area contributed by atoms with E-state index in [1.54, 1.807) is 16.9 Å². The molecule has 3 aromatic rings. The highest BCUT2D eigenvalue weighted by atomic mass is 16.2. The Labute approximate surface area is 164 Å². The third kappa shape index (κ3) is 4.54. The number of nitrogens with one attached hydrogen (secondary N) is 2. The number of carbonyl (C=O) groups is 2. The lowest BCUT2D eigenvalue weighted by Gasteiger charge is -2.10. The molecule has 1 aromatic carbocycles. The number of benzene rings is 1. The third-order valence-electron chi connectivity index (χ3n) is 4.34. The van der Waals surface area contributed by atoms with Gasteiger partial charge in [0.1, 0.15) is 0 Å². The Kier molecular flexibility index (Phi) is 5.73. The Hall–Kier alpha value is -3.22. The minimum atomic E-state index is -0.387. The average Bonchev–Trinajstić information content (AvgIpc) is 3.03. The number of rotatable bonds is 5. The molecular formula is C21H25N5O2. The van der Waals surface area contributed by atoms with E-state index in [4.69, 9.17) is 0 Å². The molecule has 146 valence electrons. The summed E-state index contributed by atoms with van der Waals surface area (Å²) in [5.74, 6) is -0.394. The van der Waals surface area contributed by atoms with E-state index in [9.17, 15) is 9.59 Å². The van der Waals surface area contributed by atoms with E-state index in [0.29, 0.717) is 35.3 Å². The highest BCUT2D eigenvalue weighted by Gasteiger charge is 2.17. The van der Waals surface area contributed by atoms with E-state index in [2.05, 4.69) is 45.2 Å². The molecule has 2 N–H and O–H groups in total. The van der Waals surface area contributed by atoms with Gasteiger partial charge in [0.2, 0.25) is 5.91 Å². The van der Waals surface area contributed by atoms with Gasteiger partial charge in [-0.15, -0.1) is 0 Å². The summed E-state index contributed by atoms with van der Waals surface area (Å²) in [7, 11) is 0. The van der Waals surface area contributed by atoms with Gasteiger partial charge in [-0.25, -0.2) is 9.67 Å². The average molecular weight is 379 g/mol. The SMILES string of the molecule is Cc1ccc(Cn2ncc3c(C(=O)NNC(=O)CC(C)C)cc(C)nc32)cc1. The van der Waals surface area contributed by atoms with E-state index in [-0.39, 0.29) is 17.7 Å². The molecule has 0 aliphatic heterocycles. The van der Waals surface area contributed by atoms with Crippen molar-refractivity contribution in [1.29, 1.82) is 0 Å². The fourth-order valence-corrected chi connectivity index (χ4v) is 2.96. The van der Waals surface area contributed by atoms with Crippen LogP contribution >= 0.6 is 0 Å². The Bertz CT molecular complexity index is 1010. The summed E-state index contributed by atoms with van der Waals surface area (Å²) < 4.78 is 1.78. The lowest BCUT2D eigenvalue weighted by Crippen LogP contribution is -2.42. The van der Waals surface area contributed by atoms with E-state index in [1.807, 2.05) is 27.7 Å². The molecule has 0 spiro atoms. The molecule has 0 saturated carbocycles. The molecule has 0 atom stereocenters. The molecule has 2 aromatic heterocycles. The predicted octanol–water partition coefficient (Wildman–Crippen LogP) is 2.90. The number of fused-ring (bicyclic) bond motifs is 1. The molecule has 7 nitrogen and oxygen atoms in total. The molecule has 0 unspecified atom stereocenters.